The summed E-state index contributed by atoms with van der Waals surface area (Å²) in [5.74, 6) is 1.10. The van der Waals surface area contributed by atoms with Crippen LogP contribution in [0.5, 0.6) is 0 Å². The molecule has 0 atom stereocenters. The molecule has 1 saturated heterocycles. The predicted molar refractivity (Wildman–Crippen MR) is 45.4 cm³/mol. The van der Waals surface area contributed by atoms with Crippen LogP contribution in [-0.2, 0) is 0 Å². The highest BCUT2D eigenvalue weighted by Gasteiger charge is 2.57. The molecular formula is C10H17N. The van der Waals surface area contributed by atoms with Crippen molar-refractivity contribution >= 4 is 0 Å². The molecule has 1 spiro atoms. The monoisotopic (exact) mass is 151 g/mol. The van der Waals surface area contributed by atoms with Crippen LogP contribution in [0.15, 0.2) is 0 Å². The van der Waals surface area contributed by atoms with E-state index in [0.717, 1.165) is 16.7 Å². The second-order valence-corrected chi connectivity index (χ2v) is 5.36. The van der Waals surface area contributed by atoms with Gasteiger partial charge in [-0.25, -0.2) is 0 Å². The highest BCUT2D eigenvalue weighted by Crippen LogP contribution is 2.64. The normalized spacial score (nSPS) is 37.9. The van der Waals surface area contributed by atoms with Crippen molar-refractivity contribution in [2.45, 2.75) is 32.6 Å². The van der Waals surface area contributed by atoms with E-state index in [1.165, 1.54) is 38.8 Å². The maximum atomic E-state index is 3.40. The Kier molecular flexibility index (Phi) is 0.976. The van der Waals surface area contributed by atoms with Gasteiger partial charge in [0.2, 0.25) is 0 Å². The number of hydrogen-bond acceptors (Lipinski definition) is 1. The highest BCUT2D eigenvalue weighted by atomic mass is 15.0. The van der Waals surface area contributed by atoms with Gasteiger partial charge < -0.3 is 5.32 Å². The summed E-state index contributed by atoms with van der Waals surface area (Å²) in [6, 6.07) is 0. The molecule has 0 unspecified atom stereocenters. The van der Waals surface area contributed by atoms with Crippen molar-refractivity contribution < 1.29 is 0 Å². The zero-order valence-corrected chi connectivity index (χ0v) is 7.32. The predicted octanol–water partition coefficient (Wildman–Crippen LogP) is 1.79. The van der Waals surface area contributed by atoms with E-state index >= 15 is 0 Å². The molecule has 0 radical (unpaired) electrons. The first-order valence-electron chi connectivity index (χ1n) is 4.93. The average Bonchev–Trinajstić information content (AvgIpc) is 2.39. The van der Waals surface area contributed by atoms with Gasteiger partial charge in [0, 0.05) is 13.1 Å². The minimum atomic E-state index is 0.802. The van der Waals surface area contributed by atoms with Crippen LogP contribution in [0.3, 0.4) is 0 Å². The van der Waals surface area contributed by atoms with Crippen LogP contribution in [0, 0.1) is 16.7 Å². The van der Waals surface area contributed by atoms with Gasteiger partial charge in [0.25, 0.3) is 0 Å². The molecule has 3 fully saturated rings. The standard InChI is InChI=1S/C10H17N/c1-9(2-3-9)8-4-10(5-8)6-11-7-10/h8,11H,2-7H2,1H3. The van der Waals surface area contributed by atoms with E-state index in [1.807, 2.05) is 0 Å². The van der Waals surface area contributed by atoms with Crippen molar-refractivity contribution in [2.24, 2.45) is 16.7 Å². The molecule has 0 amide bonds. The zero-order valence-electron chi connectivity index (χ0n) is 7.32. The minimum absolute atomic E-state index is 0.802. The fraction of sp³-hybridized carbons (Fsp3) is 1.00. The summed E-state index contributed by atoms with van der Waals surface area (Å²) in [4.78, 5) is 0. The molecule has 11 heavy (non-hydrogen) atoms. The Bertz CT molecular complexity index is 181. The van der Waals surface area contributed by atoms with E-state index in [1.54, 1.807) is 0 Å². The Morgan fingerprint density at radius 1 is 1.18 bits per heavy atom. The van der Waals surface area contributed by atoms with Crippen LogP contribution in [0.4, 0.5) is 0 Å². The van der Waals surface area contributed by atoms with E-state index < -0.39 is 0 Å². The summed E-state index contributed by atoms with van der Waals surface area (Å²) >= 11 is 0. The molecule has 1 heterocycles. The van der Waals surface area contributed by atoms with Crippen LogP contribution in [0.2, 0.25) is 0 Å². The van der Waals surface area contributed by atoms with E-state index in [9.17, 15) is 0 Å². The number of hydrogen-bond donors (Lipinski definition) is 1. The maximum absolute atomic E-state index is 3.40. The van der Waals surface area contributed by atoms with E-state index in [4.69, 9.17) is 0 Å². The van der Waals surface area contributed by atoms with Crippen molar-refractivity contribution in [3.63, 3.8) is 0 Å². The van der Waals surface area contributed by atoms with Crippen molar-refractivity contribution in [1.29, 1.82) is 0 Å². The highest BCUT2D eigenvalue weighted by molar-refractivity contribution is 5.10. The first kappa shape index (κ1) is 6.47. The van der Waals surface area contributed by atoms with Gasteiger partial charge in [-0.15, -0.1) is 0 Å². The van der Waals surface area contributed by atoms with Gasteiger partial charge >= 0.3 is 0 Å². The third kappa shape index (κ3) is 0.752. The van der Waals surface area contributed by atoms with Crippen molar-refractivity contribution in [1.82, 2.24) is 5.32 Å². The van der Waals surface area contributed by atoms with Crippen molar-refractivity contribution in [2.75, 3.05) is 13.1 Å². The molecule has 3 rings (SSSR count). The Morgan fingerprint density at radius 2 is 1.82 bits per heavy atom. The van der Waals surface area contributed by atoms with E-state index in [2.05, 4.69) is 12.2 Å². The molecule has 1 nitrogen and oxygen atoms in total. The fourth-order valence-electron chi connectivity index (χ4n) is 2.85. The lowest BCUT2D eigenvalue weighted by Gasteiger charge is -2.56. The molecule has 3 aliphatic rings. The van der Waals surface area contributed by atoms with E-state index in [-0.39, 0.29) is 0 Å². The molecule has 0 aromatic carbocycles. The molecule has 0 aromatic rings. The lowest BCUT2D eigenvalue weighted by molar-refractivity contribution is -0.0316. The van der Waals surface area contributed by atoms with Crippen LogP contribution in [0.1, 0.15) is 32.6 Å². The largest absolute Gasteiger partial charge is 0.316 e. The molecule has 0 bridgehead atoms. The average molecular weight is 151 g/mol. The Hall–Kier alpha value is -0.0400. The van der Waals surface area contributed by atoms with Gasteiger partial charge in [0.05, 0.1) is 0 Å². The van der Waals surface area contributed by atoms with Crippen LogP contribution >= 0.6 is 0 Å². The van der Waals surface area contributed by atoms with Gasteiger partial charge in [-0.1, -0.05) is 6.92 Å². The van der Waals surface area contributed by atoms with Crippen LogP contribution < -0.4 is 5.32 Å². The lowest BCUT2D eigenvalue weighted by Crippen LogP contribution is -2.61. The molecule has 0 aromatic heterocycles. The van der Waals surface area contributed by atoms with Crippen molar-refractivity contribution in [3.8, 4) is 0 Å². The molecule has 1 N–H and O–H groups in total. The first-order valence-corrected chi connectivity index (χ1v) is 4.93. The van der Waals surface area contributed by atoms with Crippen LogP contribution in [0.25, 0.3) is 0 Å². The van der Waals surface area contributed by atoms with Gasteiger partial charge in [-0.05, 0) is 42.4 Å². The summed E-state index contributed by atoms with van der Waals surface area (Å²) in [6.45, 7) is 5.12. The third-order valence-electron chi connectivity index (χ3n) is 4.38. The SMILES string of the molecule is CC1(C2CC3(CNC3)C2)CC1. The maximum Gasteiger partial charge on any atom is 0.00204 e. The fourth-order valence-corrected chi connectivity index (χ4v) is 2.85. The molecule has 2 aliphatic carbocycles. The second kappa shape index (κ2) is 1.66. The van der Waals surface area contributed by atoms with Gasteiger partial charge in [-0.2, -0.15) is 0 Å². The van der Waals surface area contributed by atoms with Gasteiger partial charge in [0.1, 0.15) is 0 Å². The van der Waals surface area contributed by atoms with Gasteiger partial charge in [-0.3, -0.25) is 0 Å². The molecule has 1 aliphatic heterocycles. The Labute approximate surface area is 68.6 Å². The van der Waals surface area contributed by atoms with Crippen LogP contribution in [-0.4, -0.2) is 13.1 Å². The Balaban J connectivity index is 1.63. The quantitative estimate of drug-likeness (QED) is 0.602. The summed E-state index contributed by atoms with van der Waals surface area (Å²) < 4.78 is 0. The zero-order chi connectivity index (χ0) is 7.53. The molecule has 2 saturated carbocycles. The van der Waals surface area contributed by atoms with Crippen molar-refractivity contribution in [3.05, 3.63) is 0 Å². The third-order valence-corrected chi connectivity index (χ3v) is 4.38. The number of rotatable bonds is 1. The second-order valence-electron chi connectivity index (χ2n) is 5.36. The van der Waals surface area contributed by atoms with Gasteiger partial charge in [0.15, 0.2) is 0 Å². The smallest absolute Gasteiger partial charge is 0.00204 e. The first-order chi connectivity index (χ1) is 5.23. The lowest BCUT2D eigenvalue weighted by atomic mass is 9.54. The van der Waals surface area contributed by atoms with E-state index in [0.29, 0.717) is 0 Å². The number of nitrogens with one attached hydrogen (secondary N) is 1. The summed E-state index contributed by atoms with van der Waals surface area (Å²) in [5, 5.41) is 3.40. The topological polar surface area (TPSA) is 12.0 Å². The molecule has 1 heteroatoms. The summed E-state index contributed by atoms with van der Waals surface area (Å²) in [5.41, 5.74) is 1.61. The summed E-state index contributed by atoms with van der Waals surface area (Å²) in [7, 11) is 0. The minimum Gasteiger partial charge on any atom is -0.316 e. The summed E-state index contributed by atoms with van der Waals surface area (Å²) in [6.07, 6.45) is 6.11. The Morgan fingerprint density at radius 3 is 2.18 bits per heavy atom. The molecular weight excluding hydrogens is 134 g/mol. The molecule has 62 valence electrons.